The van der Waals surface area contributed by atoms with E-state index in [0.29, 0.717) is 22.9 Å². The molecule has 0 aliphatic carbocycles. The maximum Gasteiger partial charge on any atom is 0.220 e. The van der Waals surface area contributed by atoms with Crippen molar-refractivity contribution < 1.29 is 4.79 Å². The zero-order chi connectivity index (χ0) is 20.1. The maximum atomic E-state index is 12.4. The van der Waals surface area contributed by atoms with E-state index in [2.05, 4.69) is 41.4 Å². The van der Waals surface area contributed by atoms with E-state index in [9.17, 15) is 4.79 Å². The second-order valence-electron chi connectivity index (χ2n) is 7.77. The van der Waals surface area contributed by atoms with Gasteiger partial charge in [-0.3, -0.25) is 4.79 Å². The average molecular weight is 419 g/mol. The third-order valence-electron chi connectivity index (χ3n) is 5.46. The van der Waals surface area contributed by atoms with Crippen molar-refractivity contribution in [3.63, 3.8) is 0 Å². The summed E-state index contributed by atoms with van der Waals surface area (Å²) in [5.74, 6) is 0.746. The zero-order valence-corrected chi connectivity index (χ0v) is 18.1. The maximum absolute atomic E-state index is 12.4. The summed E-state index contributed by atoms with van der Waals surface area (Å²) in [5, 5.41) is 4.29. The van der Waals surface area contributed by atoms with Crippen molar-refractivity contribution >= 4 is 34.8 Å². The largest absolute Gasteiger partial charge is 0.371 e. The molecule has 5 heteroatoms. The lowest BCUT2D eigenvalue weighted by Crippen LogP contribution is -2.34. The molecule has 1 heterocycles. The number of halogens is 2. The normalized spacial score (nSPS) is 18.0. The van der Waals surface area contributed by atoms with Gasteiger partial charge in [-0.25, -0.2) is 0 Å². The quantitative estimate of drug-likeness (QED) is 0.619. The van der Waals surface area contributed by atoms with Crippen molar-refractivity contribution in [1.82, 2.24) is 5.32 Å². The van der Waals surface area contributed by atoms with E-state index >= 15 is 0 Å². The standard InChI is InChI=1S/C23H28Cl2N2O/c1-16-5-4-14-27(15-16)19-10-8-18(9-11-19)17(2)26-23(28)13-12-20-21(24)6-3-7-22(20)25/h3,6-11,16-17H,4-5,12-15H2,1-2H3,(H,26,28)/t16-,17-/m1/s1. The van der Waals surface area contributed by atoms with Gasteiger partial charge in [-0.1, -0.05) is 48.3 Å². The fourth-order valence-corrected chi connectivity index (χ4v) is 4.39. The molecule has 1 amide bonds. The number of nitrogens with zero attached hydrogens (tertiary/aromatic N) is 1. The number of benzene rings is 2. The number of amides is 1. The van der Waals surface area contributed by atoms with Gasteiger partial charge in [0.1, 0.15) is 0 Å². The van der Waals surface area contributed by atoms with Crippen molar-refractivity contribution in [2.75, 3.05) is 18.0 Å². The van der Waals surface area contributed by atoms with Gasteiger partial charge in [0.25, 0.3) is 0 Å². The summed E-state index contributed by atoms with van der Waals surface area (Å²) in [7, 11) is 0. The van der Waals surface area contributed by atoms with Crippen LogP contribution in [0.25, 0.3) is 0 Å². The highest BCUT2D eigenvalue weighted by molar-refractivity contribution is 6.36. The van der Waals surface area contributed by atoms with Crippen LogP contribution in [0.15, 0.2) is 42.5 Å². The van der Waals surface area contributed by atoms with Gasteiger partial charge in [0.2, 0.25) is 5.91 Å². The summed E-state index contributed by atoms with van der Waals surface area (Å²) in [6, 6.07) is 13.9. The Hall–Kier alpha value is -1.71. The Morgan fingerprint density at radius 1 is 1.18 bits per heavy atom. The number of anilines is 1. The molecular formula is C23H28Cl2N2O. The van der Waals surface area contributed by atoms with Crippen molar-refractivity contribution in [2.45, 2.75) is 45.6 Å². The molecule has 0 radical (unpaired) electrons. The van der Waals surface area contributed by atoms with Gasteiger partial charge in [-0.2, -0.15) is 0 Å². The molecule has 1 saturated heterocycles. The lowest BCUT2D eigenvalue weighted by Gasteiger charge is -2.33. The molecular weight excluding hydrogens is 391 g/mol. The third-order valence-corrected chi connectivity index (χ3v) is 6.16. The number of nitrogens with one attached hydrogen (secondary N) is 1. The minimum atomic E-state index is -0.0384. The highest BCUT2D eigenvalue weighted by Crippen LogP contribution is 2.26. The van der Waals surface area contributed by atoms with Crippen LogP contribution in [0.5, 0.6) is 0 Å². The highest BCUT2D eigenvalue weighted by atomic mass is 35.5. The number of hydrogen-bond acceptors (Lipinski definition) is 2. The van der Waals surface area contributed by atoms with E-state index in [4.69, 9.17) is 23.2 Å². The first-order chi connectivity index (χ1) is 13.4. The van der Waals surface area contributed by atoms with Gasteiger partial charge in [0.05, 0.1) is 6.04 Å². The first-order valence-electron chi connectivity index (χ1n) is 10.0. The van der Waals surface area contributed by atoms with E-state index < -0.39 is 0 Å². The van der Waals surface area contributed by atoms with Crippen LogP contribution in [0.4, 0.5) is 5.69 Å². The molecule has 1 aliphatic heterocycles. The van der Waals surface area contributed by atoms with Crippen LogP contribution in [0, 0.1) is 5.92 Å². The van der Waals surface area contributed by atoms with Crippen LogP contribution in [-0.4, -0.2) is 19.0 Å². The Kier molecular flexibility index (Phi) is 7.25. The Morgan fingerprint density at radius 3 is 2.50 bits per heavy atom. The molecule has 1 N–H and O–H groups in total. The number of rotatable bonds is 6. The molecule has 3 rings (SSSR count). The van der Waals surface area contributed by atoms with Crippen molar-refractivity contribution in [2.24, 2.45) is 5.92 Å². The van der Waals surface area contributed by atoms with Crippen LogP contribution < -0.4 is 10.2 Å². The van der Waals surface area contributed by atoms with Crippen molar-refractivity contribution in [3.05, 3.63) is 63.6 Å². The molecule has 150 valence electrons. The molecule has 0 bridgehead atoms. The van der Waals surface area contributed by atoms with E-state index in [1.54, 1.807) is 12.1 Å². The molecule has 2 aromatic carbocycles. The molecule has 0 unspecified atom stereocenters. The average Bonchev–Trinajstić information content (AvgIpc) is 2.67. The first-order valence-corrected chi connectivity index (χ1v) is 10.8. The van der Waals surface area contributed by atoms with Crippen molar-refractivity contribution in [3.8, 4) is 0 Å². The van der Waals surface area contributed by atoms with E-state index in [1.165, 1.54) is 18.5 Å². The van der Waals surface area contributed by atoms with Gasteiger partial charge in [0, 0.05) is 35.2 Å². The van der Waals surface area contributed by atoms with Crippen LogP contribution in [0.3, 0.4) is 0 Å². The molecule has 1 fully saturated rings. The second kappa shape index (κ2) is 9.67. The molecule has 2 aromatic rings. The molecule has 0 spiro atoms. The van der Waals surface area contributed by atoms with Crippen LogP contribution in [-0.2, 0) is 11.2 Å². The molecule has 0 aromatic heterocycles. The first kappa shape index (κ1) is 21.0. The Morgan fingerprint density at radius 2 is 1.86 bits per heavy atom. The third kappa shape index (κ3) is 5.42. The summed E-state index contributed by atoms with van der Waals surface area (Å²) < 4.78 is 0. The van der Waals surface area contributed by atoms with Gasteiger partial charge >= 0.3 is 0 Å². The topological polar surface area (TPSA) is 32.3 Å². The fraction of sp³-hybridized carbons (Fsp3) is 0.435. The molecule has 3 nitrogen and oxygen atoms in total. The van der Waals surface area contributed by atoms with Gasteiger partial charge in [0.15, 0.2) is 0 Å². The Bertz CT molecular complexity index is 786. The van der Waals surface area contributed by atoms with Gasteiger partial charge in [-0.05, 0) is 67.5 Å². The summed E-state index contributed by atoms with van der Waals surface area (Å²) in [6.07, 6.45) is 3.46. The second-order valence-corrected chi connectivity index (χ2v) is 8.59. The predicted molar refractivity (Wildman–Crippen MR) is 118 cm³/mol. The number of hydrogen-bond donors (Lipinski definition) is 1. The summed E-state index contributed by atoms with van der Waals surface area (Å²) in [4.78, 5) is 14.8. The Balaban J connectivity index is 1.54. The minimum absolute atomic E-state index is 0.00239. The van der Waals surface area contributed by atoms with Crippen LogP contribution in [0.2, 0.25) is 10.0 Å². The number of carbonyl (C=O) groups excluding carboxylic acids is 1. The van der Waals surface area contributed by atoms with Gasteiger partial charge in [-0.15, -0.1) is 0 Å². The lowest BCUT2D eigenvalue weighted by molar-refractivity contribution is -0.121. The summed E-state index contributed by atoms with van der Waals surface area (Å²) in [6.45, 7) is 6.57. The smallest absolute Gasteiger partial charge is 0.220 e. The van der Waals surface area contributed by atoms with Crippen LogP contribution >= 0.6 is 23.2 Å². The lowest BCUT2D eigenvalue weighted by atomic mass is 9.99. The monoisotopic (exact) mass is 418 g/mol. The summed E-state index contributed by atoms with van der Waals surface area (Å²) >= 11 is 12.4. The van der Waals surface area contributed by atoms with E-state index in [0.717, 1.165) is 30.1 Å². The van der Waals surface area contributed by atoms with E-state index in [-0.39, 0.29) is 11.9 Å². The predicted octanol–water partition coefficient (Wildman–Crippen LogP) is 6.04. The fourth-order valence-electron chi connectivity index (χ4n) is 3.80. The number of carbonyl (C=O) groups is 1. The zero-order valence-electron chi connectivity index (χ0n) is 16.6. The molecule has 28 heavy (non-hydrogen) atoms. The minimum Gasteiger partial charge on any atom is -0.371 e. The molecule has 1 aliphatic rings. The number of piperidine rings is 1. The Labute approximate surface area is 178 Å². The van der Waals surface area contributed by atoms with E-state index in [1.807, 2.05) is 13.0 Å². The SMILES string of the molecule is C[C@@H]1CCCN(c2ccc([C@@H](C)NC(=O)CCc3c(Cl)cccc3Cl)cc2)C1. The molecule has 0 saturated carbocycles. The summed E-state index contributed by atoms with van der Waals surface area (Å²) in [5.41, 5.74) is 3.20. The molecule has 2 atom stereocenters. The highest BCUT2D eigenvalue weighted by Gasteiger charge is 2.17. The van der Waals surface area contributed by atoms with Crippen LogP contribution in [0.1, 0.15) is 50.3 Å². The van der Waals surface area contributed by atoms with Crippen molar-refractivity contribution in [1.29, 1.82) is 0 Å². The van der Waals surface area contributed by atoms with Gasteiger partial charge < -0.3 is 10.2 Å².